The van der Waals surface area contributed by atoms with Gasteiger partial charge in [0.25, 0.3) is 0 Å². The highest BCUT2D eigenvalue weighted by molar-refractivity contribution is 6.33. The molecule has 4 heteroatoms. The van der Waals surface area contributed by atoms with E-state index in [1.54, 1.807) is 18.5 Å². The van der Waals surface area contributed by atoms with Gasteiger partial charge in [0.05, 0.1) is 10.7 Å². The van der Waals surface area contributed by atoms with E-state index >= 15 is 0 Å². The molecule has 0 radical (unpaired) electrons. The summed E-state index contributed by atoms with van der Waals surface area (Å²) in [6, 6.07) is 1.81. The minimum absolute atomic E-state index is 0.190. The Morgan fingerprint density at radius 1 is 1.58 bits per heavy atom. The van der Waals surface area contributed by atoms with Gasteiger partial charge in [0.15, 0.2) is 0 Å². The number of aliphatic hydroxyl groups excluding tert-OH is 1. The van der Waals surface area contributed by atoms with E-state index in [-0.39, 0.29) is 6.61 Å². The van der Waals surface area contributed by atoms with Crippen molar-refractivity contribution >= 4 is 17.3 Å². The van der Waals surface area contributed by atoms with Crippen LogP contribution in [0.1, 0.15) is 6.42 Å². The molecule has 1 heterocycles. The Bertz CT molecular complexity index is 242. The largest absolute Gasteiger partial charge is 0.396 e. The van der Waals surface area contributed by atoms with Gasteiger partial charge in [-0.25, -0.2) is 0 Å². The van der Waals surface area contributed by atoms with Crippen molar-refractivity contribution in [3.8, 4) is 0 Å². The molecule has 0 spiro atoms. The van der Waals surface area contributed by atoms with Crippen LogP contribution in [0.25, 0.3) is 0 Å². The average molecular weight is 187 g/mol. The first-order valence-corrected chi connectivity index (χ1v) is 4.16. The third kappa shape index (κ3) is 2.68. The molecule has 0 saturated heterocycles. The summed E-state index contributed by atoms with van der Waals surface area (Å²) in [5.74, 6) is 0. The predicted molar refractivity (Wildman–Crippen MR) is 49.4 cm³/mol. The second-order valence-electron chi connectivity index (χ2n) is 2.36. The van der Waals surface area contributed by atoms with E-state index in [4.69, 9.17) is 16.7 Å². The van der Waals surface area contributed by atoms with Crippen molar-refractivity contribution in [3.63, 3.8) is 0 Å². The van der Waals surface area contributed by atoms with Crippen LogP contribution in [0.2, 0.25) is 5.02 Å². The molecule has 0 amide bonds. The number of aromatic nitrogens is 1. The summed E-state index contributed by atoms with van der Waals surface area (Å²) in [4.78, 5) is 3.85. The SMILES string of the molecule is OCCCNc1ccncc1Cl. The number of anilines is 1. The lowest BCUT2D eigenvalue weighted by Crippen LogP contribution is -2.03. The second kappa shape index (κ2) is 4.95. The Kier molecular flexibility index (Phi) is 3.84. The van der Waals surface area contributed by atoms with Crippen LogP contribution in [0.5, 0.6) is 0 Å². The summed E-state index contributed by atoms with van der Waals surface area (Å²) >= 11 is 5.82. The van der Waals surface area contributed by atoms with Crippen LogP contribution >= 0.6 is 11.6 Å². The average Bonchev–Trinajstić information content (AvgIpc) is 2.09. The Morgan fingerprint density at radius 2 is 2.42 bits per heavy atom. The van der Waals surface area contributed by atoms with Gasteiger partial charge in [0.2, 0.25) is 0 Å². The van der Waals surface area contributed by atoms with Crippen LogP contribution in [-0.4, -0.2) is 23.2 Å². The summed E-state index contributed by atoms with van der Waals surface area (Å²) < 4.78 is 0. The van der Waals surface area contributed by atoms with Crippen LogP contribution in [0.15, 0.2) is 18.5 Å². The molecule has 2 N–H and O–H groups in total. The van der Waals surface area contributed by atoms with Crippen LogP contribution < -0.4 is 5.32 Å². The quantitative estimate of drug-likeness (QED) is 0.701. The lowest BCUT2D eigenvalue weighted by atomic mass is 10.4. The van der Waals surface area contributed by atoms with Gasteiger partial charge in [-0.15, -0.1) is 0 Å². The van der Waals surface area contributed by atoms with Crippen molar-refractivity contribution in [1.29, 1.82) is 0 Å². The monoisotopic (exact) mass is 186 g/mol. The highest BCUT2D eigenvalue weighted by Crippen LogP contribution is 2.18. The second-order valence-corrected chi connectivity index (χ2v) is 2.77. The summed E-state index contributed by atoms with van der Waals surface area (Å²) in [5, 5.41) is 12.2. The number of pyridine rings is 1. The summed E-state index contributed by atoms with van der Waals surface area (Å²) in [5.41, 5.74) is 0.861. The van der Waals surface area contributed by atoms with Crippen LogP contribution in [-0.2, 0) is 0 Å². The number of halogens is 1. The standard InChI is InChI=1S/C8H11ClN2O/c9-7-6-10-4-2-8(7)11-3-1-5-12/h2,4,6,12H,1,3,5H2,(H,10,11). The Labute approximate surface area is 76.4 Å². The first kappa shape index (κ1) is 9.29. The normalized spacial score (nSPS) is 9.83. The van der Waals surface area contributed by atoms with E-state index in [2.05, 4.69) is 10.3 Å². The fourth-order valence-electron chi connectivity index (χ4n) is 0.821. The van der Waals surface area contributed by atoms with E-state index < -0.39 is 0 Å². The van der Waals surface area contributed by atoms with Crippen LogP contribution in [0, 0.1) is 0 Å². The molecule has 1 aromatic heterocycles. The van der Waals surface area contributed by atoms with Crippen molar-refractivity contribution < 1.29 is 5.11 Å². The Hall–Kier alpha value is -0.800. The molecule has 12 heavy (non-hydrogen) atoms. The molecule has 3 nitrogen and oxygen atoms in total. The Balaban J connectivity index is 2.46. The molecule has 0 aliphatic rings. The van der Waals surface area contributed by atoms with Crippen LogP contribution in [0.4, 0.5) is 5.69 Å². The third-order valence-corrected chi connectivity index (χ3v) is 1.72. The van der Waals surface area contributed by atoms with Gasteiger partial charge >= 0.3 is 0 Å². The van der Waals surface area contributed by atoms with Gasteiger partial charge in [-0.05, 0) is 12.5 Å². The molecule has 0 aliphatic carbocycles. The smallest absolute Gasteiger partial charge is 0.0820 e. The number of hydrogen-bond acceptors (Lipinski definition) is 3. The van der Waals surface area contributed by atoms with Crippen molar-refractivity contribution in [3.05, 3.63) is 23.5 Å². The van der Waals surface area contributed by atoms with Crippen molar-refractivity contribution in [2.45, 2.75) is 6.42 Å². The van der Waals surface area contributed by atoms with E-state index in [1.165, 1.54) is 0 Å². The maximum atomic E-state index is 8.53. The molecular formula is C8H11ClN2O. The zero-order valence-electron chi connectivity index (χ0n) is 6.63. The van der Waals surface area contributed by atoms with Gasteiger partial charge in [0.1, 0.15) is 0 Å². The van der Waals surface area contributed by atoms with E-state index in [1.807, 2.05) is 0 Å². The third-order valence-electron chi connectivity index (χ3n) is 1.42. The lowest BCUT2D eigenvalue weighted by Gasteiger charge is -2.05. The number of rotatable bonds is 4. The van der Waals surface area contributed by atoms with Crippen molar-refractivity contribution in [2.75, 3.05) is 18.5 Å². The zero-order chi connectivity index (χ0) is 8.81. The summed E-state index contributed by atoms with van der Waals surface area (Å²) in [6.45, 7) is 0.913. The van der Waals surface area contributed by atoms with E-state index in [9.17, 15) is 0 Å². The van der Waals surface area contributed by atoms with Crippen molar-refractivity contribution in [2.24, 2.45) is 0 Å². The maximum absolute atomic E-state index is 8.53. The number of nitrogens with zero attached hydrogens (tertiary/aromatic N) is 1. The number of aliphatic hydroxyl groups is 1. The minimum Gasteiger partial charge on any atom is -0.396 e. The molecule has 0 fully saturated rings. The van der Waals surface area contributed by atoms with Gasteiger partial charge in [0, 0.05) is 25.5 Å². The molecule has 0 atom stereocenters. The van der Waals surface area contributed by atoms with Gasteiger partial charge in [-0.2, -0.15) is 0 Å². The fourth-order valence-corrected chi connectivity index (χ4v) is 1.01. The first-order chi connectivity index (χ1) is 5.84. The van der Waals surface area contributed by atoms with Gasteiger partial charge < -0.3 is 10.4 Å². The van der Waals surface area contributed by atoms with Gasteiger partial charge in [-0.3, -0.25) is 4.98 Å². The topological polar surface area (TPSA) is 45.1 Å². The molecule has 0 unspecified atom stereocenters. The number of nitrogens with one attached hydrogen (secondary N) is 1. The molecule has 1 aromatic rings. The zero-order valence-corrected chi connectivity index (χ0v) is 7.38. The molecule has 0 saturated carbocycles. The van der Waals surface area contributed by atoms with Crippen molar-refractivity contribution in [1.82, 2.24) is 4.98 Å². The molecule has 1 rings (SSSR count). The highest BCUT2D eigenvalue weighted by atomic mass is 35.5. The summed E-state index contributed by atoms with van der Waals surface area (Å²) in [7, 11) is 0. The highest BCUT2D eigenvalue weighted by Gasteiger charge is 1.96. The summed E-state index contributed by atoms with van der Waals surface area (Å²) in [6.07, 6.45) is 3.98. The Morgan fingerprint density at radius 3 is 3.08 bits per heavy atom. The maximum Gasteiger partial charge on any atom is 0.0820 e. The lowest BCUT2D eigenvalue weighted by molar-refractivity contribution is 0.292. The molecule has 0 bridgehead atoms. The number of hydrogen-bond donors (Lipinski definition) is 2. The molecular weight excluding hydrogens is 176 g/mol. The predicted octanol–water partition coefficient (Wildman–Crippen LogP) is 1.53. The minimum atomic E-state index is 0.190. The first-order valence-electron chi connectivity index (χ1n) is 3.79. The van der Waals surface area contributed by atoms with Gasteiger partial charge in [-0.1, -0.05) is 11.6 Å². The fraction of sp³-hybridized carbons (Fsp3) is 0.375. The van der Waals surface area contributed by atoms with E-state index in [0.29, 0.717) is 5.02 Å². The molecule has 0 aliphatic heterocycles. The van der Waals surface area contributed by atoms with E-state index in [0.717, 1.165) is 18.7 Å². The molecule has 66 valence electrons. The van der Waals surface area contributed by atoms with Crippen LogP contribution in [0.3, 0.4) is 0 Å². The molecule has 0 aromatic carbocycles.